The van der Waals surface area contributed by atoms with Crippen LogP contribution in [0.1, 0.15) is 168 Å². The quantitative estimate of drug-likeness (QED) is 0.0433. The van der Waals surface area contributed by atoms with Gasteiger partial charge in [-0.05, 0) is 113 Å². The number of esters is 2. The highest BCUT2D eigenvalue weighted by Gasteiger charge is 2.51. The van der Waals surface area contributed by atoms with Crippen molar-refractivity contribution < 1.29 is 43.2 Å². The Hall–Kier alpha value is -2.36. The number of hydrogen-bond acceptors (Lipinski definition) is 9. The summed E-state index contributed by atoms with van der Waals surface area (Å²) in [6, 6.07) is 0. The number of carbonyl (C=O) groups excluding carboxylic acids is 3. The molecule has 0 aliphatic heterocycles. The molecule has 0 aromatic carbocycles. The summed E-state index contributed by atoms with van der Waals surface area (Å²) in [6.07, 6.45) is 20.1. The van der Waals surface area contributed by atoms with Crippen LogP contribution >= 0.6 is 0 Å². The van der Waals surface area contributed by atoms with Crippen molar-refractivity contribution in [3.05, 3.63) is 0 Å². The van der Waals surface area contributed by atoms with Crippen LogP contribution in [0.2, 0.25) is 0 Å². The number of ether oxygens (including phenoxy) is 4. The molecule has 0 aromatic rings. The largest absolute Gasteiger partial charge is 0.508 e. The summed E-state index contributed by atoms with van der Waals surface area (Å²) in [5, 5.41) is 8.97. The molecule has 4 aliphatic carbocycles. The molecule has 300 valence electrons. The summed E-state index contributed by atoms with van der Waals surface area (Å²) >= 11 is 0. The Kier molecular flexibility index (Phi) is 21.1. The number of aliphatic carboxylic acids is 1. The zero-order valence-electron chi connectivity index (χ0n) is 33.1. The van der Waals surface area contributed by atoms with Gasteiger partial charge >= 0.3 is 24.1 Å². The van der Waals surface area contributed by atoms with E-state index in [0.717, 1.165) is 75.9 Å². The zero-order valence-corrected chi connectivity index (χ0v) is 33.1. The minimum absolute atomic E-state index is 0.00391. The predicted molar refractivity (Wildman–Crippen MR) is 202 cm³/mol. The van der Waals surface area contributed by atoms with E-state index >= 15 is 0 Å². The number of nitrogens with zero attached hydrogens (tertiary/aromatic N) is 1. The lowest BCUT2D eigenvalue weighted by Crippen LogP contribution is -2.47. The number of carboxylic acid groups (broad SMARTS) is 1. The topological polar surface area (TPSA) is 129 Å². The lowest BCUT2D eigenvalue weighted by atomic mass is 9.49. The molecule has 4 aliphatic rings. The van der Waals surface area contributed by atoms with Gasteiger partial charge in [-0.2, -0.15) is 0 Å². The van der Waals surface area contributed by atoms with E-state index in [4.69, 9.17) is 24.1 Å². The Balaban J connectivity index is 1.57. The van der Waals surface area contributed by atoms with Crippen molar-refractivity contribution in [1.82, 2.24) is 4.90 Å². The number of rotatable bonds is 30. The molecule has 4 fully saturated rings. The molecule has 2 unspecified atom stereocenters. The van der Waals surface area contributed by atoms with Gasteiger partial charge in [-0.3, -0.25) is 14.4 Å². The summed E-state index contributed by atoms with van der Waals surface area (Å²) in [6.45, 7) is 9.52. The molecular formula is C42H73NO9. The number of carboxylic acids is 1. The number of unbranched alkanes of at least 4 members (excludes halogenated alkanes) is 9. The Labute approximate surface area is 314 Å². The maximum atomic E-state index is 13.4. The van der Waals surface area contributed by atoms with Gasteiger partial charge in [0.1, 0.15) is 12.7 Å². The van der Waals surface area contributed by atoms with Crippen molar-refractivity contribution >= 4 is 24.1 Å². The molecule has 4 saturated carbocycles. The highest BCUT2D eigenvalue weighted by atomic mass is 16.7. The second-order valence-corrected chi connectivity index (χ2v) is 16.5. The molecule has 4 bridgehead atoms. The fourth-order valence-corrected chi connectivity index (χ4v) is 9.54. The van der Waals surface area contributed by atoms with E-state index in [-0.39, 0.29) is 55.9 Å². The van der Waals surface area contributed by atoms with Crippen LogP contribution in [0.15, 0.2) is 0 Å². The van der Waals surface area contributed by atoms with E-state index < -0.39 is 18.2 Å². The van der Waals surface area contributed by atoms with Crippen LogP contribution in [0.3, 0.4) is 0 Å². The van der Waals surface area contributed by atoms with Gasteiger partial charge in [0.15, 0.2) is 0 Å². The Morgan fingerprint density at radius 2 is 1.27 bits per heavy atom. The van der Waals surface area contributed by atoms with E-state index in [1.807, 2.05) is 0 Å². The van der Waals surface area contributed by atoms with Gasteiger partial charge in [-0.1, -0.05) is 72.1 Å². The summed E-state index contributed by atoms with van der Waals surface area (Å²) < 4.78 is 22.9. The average Bonchev–Trinajstić information content (AvgIpc) is 3.09. The second kappa shape index (κ2) is 24.9. The Bertz CT molecular complexity index is 1010. The smallest absolute Gasteiger partial charge is 0.481 e. The number of carbonyl (C=O) groups is 4. The minimum atomic E-state index is -0.875. The molecule has 52 heavy (non-hydrogen) atoms. The SMILES string of the molecule is CCCCCCCCCCCC(CC(COC(=O)CC12CC3CC(CC(C3)C1)C2)COC(=O)OCCCN(CC)CC)OC(=O)CCCCC(=O)O. The summed E-state index contributed by atoms with van der Waals surface area (Å²) in [5.74, 6) is 0.484. The molecular weight excluding hydrogens is 662 g/mol. The lowest BCUT2D eigenvalue weighted by molar-refractivity contribution is -0.157. The van der Waals surface area contributed by atoms with Crippen LogP contribution in [0.5, 0.6) is 0 Å². The van der Waals surface area contributed by atoms with Crippen LogP contribution in [-0.2, 0) is 33.3 Å². The molecule has 10 heteroatoms. The van der Waals surface area contributed by atoms with Crippen molar-refractivity contribution in [2.75, 3.05) is 39.5 Å². The van der Waals surface area contributed by atoms with Gasteiger partial charge in [-0.25, -0.2) is 4.79 Å². The summed E-state index contributed by atoms with van der Waals surface area (Å²) in [4.78, 5) is 52.1. The van der Waals surface area contributed by atoms with Crippen LogP contribution in [0, 0.1) is 29.1 Å². The molecule has 1 N–H and O–H groups in total. The molecule has 0 aromatic heterocycles. The fraction of sp³-hybridized carbons (Fsp3) is 0.905. The highest BCUT2D eigenvalue weighted by molar-refractivity contribution is 5.71. The second-order valence-electron chi connectivity index (χ2n) is 16.5. The van der Waals surface area contributed by atoms with Crippen LogP contribution in [0.25, 0.3) is 0 Å². The maximum absolute atomic E-state index is 13.4. The van der Waals surface area contributed by atoms with Crippen molar-refractivity contribution in [2.45, 2.75) is 175 Å². The van der Waals surface area contributed by atoms with Crippen LogP contribution < -0.4 is 0 Å². The third kappa shape index (κ3) is 17.6. The standard InChI is InChI=1S/C42H73NO9/c1-4-7-8-9-10-11-12-13-14-18-37(52-39(46)20-16-15-19-38(44)45)26-36(32-51-41(48)49-22-17-21-43(5-2)6-3)31-50-40(47)30-42-27-33-23-34(28-42)25-35(24-33)29-42/h33-37H,4-32H2,1-3H3,(H,44,45). The van der Waals surface area contributed by atoms with Crippen LogP contribution in [0.4, 0.5) is 4.79 Å². The molecule has 0 amide bonds. The van der Waals surface area contributed by atoms with Gasteiger partial charge in [0.25, 0.3) is 0 Å². The molecule has 0 radical (unpaired) electrons. The molecule has 4 rings (SSSR count). The van der Waals surface area contributed by atoms with Crippen LogP contribution in [-0.4, -0.2) is 79.6 Å². The third-order valence-electron chi connectivity index (χ3n) is 11.9. The average molecular weight is 736 g/mol. The maximum Gasteiger partial charge on any atom is 0.508 e. The monoisotopic (exact) mass is 736 g/mol. The first-order valence-corrected chi connectivity index (χ1v) is 21.2. The summed E-state index contributed by atoms with van der Waals surface area (Å²) in [5.41, 5.74) is 0.0709. The van der Waals surface area contributed by atoms with E-state index in [1.165, 1.54) is 57.8 Å². The Morgan fingerprint density at radius 1 is 0.692 bits per heavy atom. The lowest BCUT2D eigenvalue weighted by Gasteiger charge is -2.56. The van der Waals surface area contributed by atoms with Gasteiger partial charge in [0.05, 0.1) is 19.6 Å². The first-order chi connectivity index (χ1) is 25.1. The van der Waals surface area contributed by atoms with E-state index in [0.29, 0.717) is 38.5 Å². The summed E-state index contributed by atoms with van der Waals surface area (Å²) in [7, 11) is 0. The first kappa shape index (κ1) is 44.0. The van der Waals surface area contributed by atoms with Gasteiger partial charge in [0.2, 0.25) is 0 Å². The molecule has 0 spiro atoms. The van der Waals surface area contributed by atoms with Gasteiger partial charge < -0.3 is 29.0 Å². The van der Waals surface area contributed by atoms with Crippen molar-refractivity contribution in [2.24, 2.45) is 29.1 Å². The molecule has 0 heterocycles. The number of hydrogen-bond donors (Lipinski definition) is 1. The fourth-order valence-electron chi connectivity index (χ4n) is 9.54. The molecule has 10 nitrogen and oxygen atoms in total. The normalized spacial score (nSPS) is 23.0. The predicted octanol–water partition coefficient (Wildman–Crippen LogP) is 9.51. The first-order valence-electron chi connectivity index (χ1n) is 21.2. The van der Waals surface area contributed by atoms with Crippen molar-refractivity contribution in [3.63, 3.8) is 0 Å². The van der Waals surface area contributed by atoms with Gasteiger partial charge in [-0.15, -0.1) is 0 Å². The highest BCUT2D eigenvalue weighted by Crippen LogP contribution is 2.61. The molecule has 2 atom stereocenters. The molecule has 0 saturated heterocycles. The third-order valence-corrected chi connectivity index (χ3v) is 11.9. The van der Waals surface area contributed by atoms with E-state index in [9.17, 15) is 19.2 Å². The van der Waals surface area contributed by atoms with Crippen molar-refractivity contribution in [3.8, 4) is 0 Å². The van der Waals surface area contributed by atoms with E-state index in [1.54, 1.807) is 0 Å². The van der Waals surface area contributed by atoms with Crippen molar-refractivity contribution in [1.29, 1.82) is 0 Å². The Morgan fingerprint density at radius 3 is 1.87 bits per heavy atom. The zero-order chi connectivity index (χ0) is 37.6. The van der Waals surface area contributed by atoms with Gasteiger partial charge in [0, 0.05) is 25.3 Å². The van der Waals surface area contributed by atoms with E-state index in [2.05, 4.69) is 25.7 Å². The minimum Gasteiger partial charge on any atom is -0.481 e.